The fourth-order valence-electron chi connectivity index (χ4n) is 1.60. The zero-order valence-corrected chi connectivity index (χ0v) is 9.60. The smallest absolute Gasteiger partial charge is 0.306 e. The van der Waals surface area contributed by atoms with E-state index in [2.05, 4.69) is 15.3 Å². The number of aromatic nitrogens is 2. The summed E-state index contributed by atoms with van der Waals surface area (Å²) >= 11 is 0. The summed E-state index contributed by atoms with van der Waals surface area (Å²) in [5.74, 6) is -1.07. The summed E-state index contributed by atoms with van der Waals surface area (Å²) in [6.07, 6.45) is 2.26. The zero-order chi connectivity index (χ0) is 12.3. The molecule has 0 aliphatic rings. The van der Waals surface area contributed by atoms with Crippen LogP contribution >= 0.6 is 0 Å². The Morgan fingerprint density at radius 2 is 2.41 bits per heavy atom. The number of benzene rings is 1. The highest BCUT2D eigenvalue weighted by atomic mass is 16.4. The second-order valence-electron chi connectivity index (χ2n) is 4.09. The van der Waals surface area contributed by atoms with Crippen LogP contribution in [0, 0.1) is 5.92 Å². The maximum absolute atomic E-state index is 10.6. The number of H-pyrrole nitrogens is 1. The van der Waals surface area contributed by atoms with Gasteiger partial charge < -0.3 is 15.4 Å². The average Bonchev–Trinajstić information content (AvgIpc) is 2.75. The van der Waals surface area contributed by atoms with Gasteiger partial charge in [0.1, 0.15) is 0 Å². The van der Waals surface area contributed by atoms with E-state index in [4.69, 9.17) is 5.11 Å². The number of carboxylic acid groups (broad SMARTS) is 1. The molecule has 0 amide bonds. The summed E-state index contributed by atoms with van der Waals surface area (Å²) in [4.78, 5) is 17.8. The molecule has 0 spiro atoms. The van der Waals surface area contributed by atoms with Crippen molar-refractivity contribution in [3.63, 3.8) is 0 Å². The van der Waals surface area contributed by atoms with Gasteiger partial charge in [-0.2, -0.15) is 0 Å². The number of nitrogens with one attached hydrogen (secondary N) is 2. The molecule has 17 heavy (non-hydrogen) atoms. The van der Waals surface area contributed by atoms with Crippen LogP contribution in [0.1, 0.15) is 13.3 Å². The van der Waals surface area contributed by atoms with Gasteiger partial charge in [-0.1, -0.05) is 6.92 Å². The Balaban J connectivity index is 1.92. The fourth-order valence-corrected chi connectivity index (χ4v) is 1.60. The third-order valence-electron chi connectivity index (χ3n) is 2.75. The first-order valence-electron chi connectivity index (χ1n) is 5.56. The lowest BCUT2D eigenvalue weighted by molar-refractivity contribution is -0.141. The highest BCUT2D eigenvalue weighted by molar-refractivity contribution is 5.78. The number of aromatic amines is 1. The van der Waals surface area contributed by atoms with Crippen LogP contribution in [-0.2, 0) is 4.79 Å². The standard InChI is InChI=1S/C12H15N3O2/c1-8(12(16)17)4-5-13-9-2-3-10-11(6-9)15-7-14-10/h2-3,6-8,13H,4-5H2,1H3,(H,14,15)(H,16,17). The number of rotatable bonds is 5. The lowest BCUT2D eigenvalue weighted by Crippen LogP contribution is -2.14. The summed E-state index contributed by atoms with van der Waals surface area (Å²) in [6, 6.07) is 5.83. The van der Waals surface area contributed by atoms with E-state index in [0.29, 0.717) is 13.0 Å². The summed E-state index contributed by atoms with van der Waals surface area (Å²) in [5.41, 5.74) is 2.87. The molecular weight excluding hydrogens is 218 g/mol. The predicted octanol–water partition coefficient (Wildman–Crippen LogP) is 2.09. The number of hydrogen-bond donors (Lipinski definition) is 3. The van der Waals surface area contributed by atoms with Crippen molar-refractivity contribution in [2.75, 3.05) is 11.9 Å². The number of nitrogens with zero attached hydrogens (tertiary/aromatic N) is 1. The molecule has 3 N–H and O–H groups in total. The topological polar surface area (TPSA) is 78.0 Å². The van der Waals surface area contributed by atoms with Crippen molar-refractivity contribution < 1.29 is 9.90 Å². The Labute approximate surface area is 98.9 Å². The zero-order valence-electron chi connectivity index (χ0n) is 9.60. The third kappa shape index (κ3) is 2.75. The van der Waals surface area contributed by atoms with Gasteiger partial charge in [0, 0.05) is 12.2 Å². The lowest BCUT2D eigenvalue weighted by Gasteiger charge is -2.08. The van der Waals surface area contributed by atoms with E-state index in [9.17, 15) is 4.79 Å². The van der Waals surface area contributed by atoms with Crippen molar-refractivity contribution in [1.82, 2.24) is 9.97 Å². The largest absolute Gasteiger partial charge is 0.481 e. The van der Waals surface area contributed by atoms with Gasteiger partial charge in [0.05, 0.1) is 23.3 Å². The minimum Gasteiger partial charge on any atom is -0.481 e. The first kappa shape index (κ1) is 11.4. The molecule has 0 fully saturated rings. The molecule has 0 bridgehead atoms. The Kier molecular flexibility index (Phi) is 3.27. The van der Waals surface area contributed by atoms with Gasteiger partial charge in [-0.05, 0) is 24.6 Å². The Morgan fingerprint density at radius 3 is 3.18 bits per heavy atom. The maximum Gasteiger partial charge on any atom is 0.306 e. The molecular formula is C12H15N3O2. The van der Waals surface area contributed by atoms with Crippen LogP contribution in [0.5, 0.6) is 0 Å². The molecule has 0 saturated carbocycles. The average molecular weight is 233 g/mol. The van der Waals surface area contributed by atoms with Gasteiger partial charge >= 0.3 is 5.97 Å². The Bertz CT molecular complexity index is 521. The second-order valence-corrected chi connectivity index (χ2v) is 4.09. The molecule has 90 valence electrons. The summed E-state index contributed by atoms with van der Waals surface area (Å²) < 4.78 is 0. The molecule has 5 nitrogen and oxygen atoms in total. The van der Waals surface area contributed by atoms with Crippen molar-refractivity contribution >= 4 is 22.7 Å². The van der Waals surface area contributed by atoms with Crippen LogP contribution in [0.2, 0.25) is 0 Å². The number of aliphatic carboxylic acids is 1. The maximum atomic E-state index is 10.6. The number of hydrogen-bond acceptors (Lipinski definition) is 3. The van der Waals surface area contributed by atoms with Crippen LogP contribution < -0.4 is 5.32 Å². The fraction of sp³-hybridized carbons (Fsp3) is 0.333. The van der Waals surface area contributed by atoms with E-state index in [1.165, 1.54) is 0 Å². The molecule has 1 unspecified atom stereocenters. The number of carboxylic acids is 1. The summed E-state index contributed by atoms with van der Waals surface area (Å²) in [7, 11) is 0. The van der Waals surface area contributed by atoms with Crippen LogP contribution in [0.3, 0.4) is 0 Å². The molecule has 1 heterocycles. The molecule has 1 atom stereocenters. The van der Waals surface area contributed by atoms with Gasteiger partial charge in [-0.3, -0.25) is 4.79 Å². The quantitative estimate of drug-likeness (QED) is 0.738. The molecule has 2 aromatic rings. The monoisotopic (exact) mass is 233 g/mol. The molecule has 0 aliphatic heterocycles. The van der Waals surface area contributed by atoms with Crippen molar-refractivity contribution in [1.29, 1.82) is 0 Å². The van der Waals surface area contributed by atoms with Crippen molar-refractivity contribution in [3.05, 3.63) is 24.5 Å². The summed E-state index contributed by atoms with van der Waals surface area (Å²) in [5, 5.41) is 12.0. The minimum atomic E-state index is -0.754. The highest BCUT2D eigenvalue weighted by Gasteiger charge is 2.09. The van der Waals surface area contributed by atoms with E-state index < -0.39 is 5.97 Å². The molecule has 0 aliphatic carbocycles. The third-order valence-corrected chi connectivity index (χ3v) is 2.75. The second kappa shape index (κ2) is 4.86. The minimum absolute atomic E-state index is 0.321. The van der Waals surface area contributed by atoms with Crippen molar-refractivity contribution in [3.8, 4) is 0 Å². The summed E-state index contributed by atoms with van der Waals surface area (Å²) in [6.45, 7) is 2.36. The molecule has 1 aromatic carbocycles. The van der Waals surface area contributed by atoms with Crippen molar-refractivity contribution in [2.45, 2.75) is 13.3 Å². The highest BCUT2D eigenvalue weighted by Crippen LogP contribution is 2.15. The van der Waals surface area contributed by atoms with E-state index in [-0.39, 0.29) is 5.92 Å². The molecule has 1 aromatic heterocycles. The molecule has 5 heteroatoms. The first-order valence-corrected chi connectivity index (χ1v) is 5.56. The van der Waals surface area contributed by atoms with Gasteiger partial charge in [0.15, 0.2) is 0 Å². The SMILES string of the molecule is CC(CCNc1ccc2nc[nH]c2c1)C(=O)O. The molecule has 2 rings (SSSR count). The van der Waals surface area contributed by atoms with Crippen LogP contribution in [0.25, 0.3) is 11.0 Å². The van der Waals surface area contributed by atoms with Crippen LogP contribution in [0.15, 0.2) is 24.5 Å². The predicted molar refractivity (Wildman–Crippen MR) is 66.0 cm³/mol. The molecule has 0 radical (unpaired) electrons. The van der Waals surface area contributed by atoms with Gasteiger partial charge in [-0.25, -0.2) is 4.98 Å². The van der Waals surface area contributed by atoms with Gasteiger partial charge in [0.25, 0.3) is 0 Å². The van der Waals surface area contributed by atoms with Crippen LogP contribution in [0.4, 0.5) is 5.69 Å². The van der Waals surface area contributed by atoms with E-state index in [1.54, 1.807) is 13.3 Å². The lowest BCUT2D eigenvalue weighted by atomic mass is 10.1. The number of anilines is 1. The van der Waals surface area contributed by atoms with E-state index in [0.717, 1.165) is 16.7 Å². The Hall–Kier alpha value is -2.04. The number of carbonyl (C=O) groups is 1. The number of imidazole rings is 1. The van der Waals surface area contributed by atoms with Gasteiger partial charge in [-0.15, -0.1) is 0 Å². The Morgan fingerprint density at radius 1 is 1.59 bits per heavy atom. The first-order chi connectivity index (χ1) is 8.16. The van der Waals surface area contributed by atoms with Crippen LogP contribution in [-0.4, -0.2) is 27.6 Å². The molecule has 0 saturated heterocycles. The van der Waals surface area contributed by atoms with E-state index in [1.807, 2.05) is 18.2 Å². The number of fused-ring (bicyclic) bond motifs is 1. The van der Waals surface area contributed by atoms with E-state index >= 15 is 0 Å². The van der Waals surface area contributed by atoms with Gasteiger partial charge in [0.2, 0.25) is 0 Å². The normalized spacial score (nSPS) is 12.5. The van der Waals surface area contributed by atoms with Crippen molar-refractivity contribution in [2.24, 2.45) is 5.92 Å².